The first-order chi connectivity index (χ1) is 11.0. The predicted molar refractivity (Wildman–Crippen MR) is 101 cm³/mol. The Labute approximate surface area is 150 Å². The maximum atomic E-state index is 11.0. The number of hydrogen-bond acceptors (Lipinski definition) is 2. The van der Waals surface area contributed by atoms with Gasteiger partial charge in [-0.1, -0.05) is 54.6 Å². The molecule has 2 aromatic rings. The molecule has 0 aromatic heterocycles. The topological polar surface area (TPSA) is 49.3 Å². The Morgan fingerprint density at radius 3 is 2.08 bits per heavy atom. The first-order valence-electron chi connectivity index (χ1n) is 8.10. The number of rotatable bonds is 7. The molecular weight excluding hydrogens is 322 g/mol. The number of halogens is 1. The Hall–Kier alpha value is -1.84. The summed E-state index contributed by atoms with van der Waals surface area (Å²) in [6.45, 7) is 6.06. The van der Waals surface area contributed by atoms with Crippen molar-refractivity contribution in [2.24, 2.45) is 0 Å². The second-order valence-corrected chi connectivity index (χ2v) is 6.21. The molecule has 3 atom stereocenters. The first-order valence-corrected chi connectivity index (χ1v) is 8.10. The average molecular weight is 348 g/mol. The summed E-state index contributed by atoms with van der Waals surface area (Å²) in [7, 11) is 0. The van der Waals surface area contributed by atoms with Crippen molar-refractivity contribution in [3.05, 3.63) is 71.3 Å². The van der Waals surface area contributed by atoms with Crippen LogP contribution >= 0.6 is 12.4 Å². The Morgan fingerprint density at radius 1 is 0.958 bits per heavy atom. The van der Waals surface area contributed by atoms with Crippen molar-refractivity contribution in [3.63, 3.8) is 0 Å². The highest BCUT2D eigenvalue weighted by Crippen LogP contribution is 2.18. The minimum atomic E-state index is -0.788. The Balaban J connectivity index is 0.00000288. The molecule has 0 amide bonds. The summed E-state index contributed by atoms with van der Waals surface area (Å²) in [6, 6.07) is 18.9. The summed E-state index contributed by atoms with van der Waals surface area (Å²) in [4.78, 5) is 11.0. The van der Waals surface area contributed by atoms with E-state index in [2.05, 4.69) is 43.4 Å². The van der Waals surface area contributed by atoms with E-state index in [1.165, 1.54) is 11.1 Å². The molecule has 3 nitrogen and oxygen atoms in total. The molecule has 0 bridgehead atoms. The number of carboxylic acid groups (broad SMARTS) is 1. The molecule has 2 aromatic carbocycles. The van der Waals surface area contributed by atoms with Gasteiger partial charge in [0.2, 0.25) is 0 Å². The zero-order valence-electron chi connectivity index (χ0n) is 14.4. The standard InChI is InChI=1S/C20H25NO2.ClH/c1-14(21-16(3)19-7-5-4-6-8-19)13-17-9-11-18(12-10-17)15(2)20(22)23;/h4-12,14-16,21H,13H2,1-3H3,(H,22,23);1H/t14-,15?,16?;/m1./s1. The molecule has 4 heteroatoms. The van der Waals surface area contributed by atoms with E-state index in [9.17, 15) is 4.79 Å². The monoisotopic (exact) mass is 347 g/mol. The fourth-order valence-electron chi connectivity index (χ4n) is 2.76. The third-order valence-electron chi connectivity index (χ3n) is 4.23. The number of nitrogens with one attached hydrogen (secondary N) is 1. The van der Waals surface area contributed by atoms with Crippen LogP contribution in [-0.4, -0.2) is 17.1 Å². The van der Waals surface area contributed by atoms with Gasteiger partial charge in [-0.3, -0.25) is 4.79 Å². The van der Waals surface area contributed by atoms with Gasteiger partial charge in [-0.25, -0.2) is 0 Å². The molecule has 2 N–H and O–H groups in total. The molecule has 24 heavy (non-hydrogen) atoms. The van der Waals surface area contributed by atoms with Crippen LogP contribution < -0.4 is 5.32 Å². The molecule has 2 unspecified atom stereocenters. The van der Waals surface area contributed by atoms with Gasteiger partial charge in [0, 0.05) is 12.1 Å². The normalized spacial score (nSPS) is 14.3. The molecule has 2 rings (SSSR count). The lowest BCUT2D eigenvalue weighted by atomic mass is 9.98. The van der Waals surface area contributed by atoms with Crippen LogP contribution in [0.4, 0.5) is 0 Å². The van der Waals surface area contributed by atoms with Gasteiger partial charge in [-0.15, -0.1) is 12.4 Å². The predicted octanol–water partition coefficient (Wildman–Crippen LogP) is 4.58. The van der Waals surface area contributed by atoms with Gasteiger partial charge in [0.05, 0.1) is 5.92 Å². The third kappa shape index (κ3) is 5.66. The summed E-state index contributed by atoms with van der Waals surface area (Å²) in [5.41, 5.74) is 3.34. The maximum absolute atomic E-state index is 11.0. The maximum Gasteiger partial charge on any atom is 0.310 e. The summed E-state index contributed by atoms with van der Waals surface area (Å²) in [5, 5.41) is 12.7. The Morgan fingerprint density at radius 2 is 1.54 bits per heavy atom. The fraction of sp³-hybridized carbons (Fsp3) is 0.350. The number of hydrogen-bond donors (Lipinski definition) is 2. The van der Waals surface area contributed by atoms with E-state index in [0.29, 0.717) is 12.1 Å². The van der Waals surface area contributed by atoms with Gasteiger partial charge in [-0.05, 0) is 43.9 Å². The van der Waals surface area contributed by atoms with Crippen LogP contribution in [0, 0.1) is 0 Å². The van der Waals surface area contributed by atoms with E-state index in [4.69, 9.17) is 5.11 Å². The lowest BCUT2D eigenvalue weighted by Gasteiger charge is -2.20. The summed E-state index contributed by atoms with van der Waals surface area (Å²) >= 11 is 0. The first kappa shape index (κ1) is 20.2. The van der Waals surface area contributed by atoms with Gasteiger partial charge < -0.3 is 10.4 Å². The van der Waals surface area contributed by atoms with E-state index in [0.717, 1.165) is 12.0 Å². The highest BCUT2D eigenvalue weighted by atomic mass is 35.5. The van der Waals surface area contributed by atoms with Gasteiger partial charge in [0.1, 0.15) is 0 Å². The number of carbonyl (C=O) groups is 1. The zero-order valence-corrected chi connectivity index (χ0v) is 15.2. The van der Waals surface area contributed by atoms with Crippen molar-refractivity contribution < 1.29 is 9.90 Å². The van der Waals surface area contributed by atoms with E-state index in [1.54, 1.807) is 6.92 Å². The molecule has 0 radical (unpaired) electrons. The SMILES string of the molecule is CC(N[C@H](C)Cc1ccc(C(C)C(=O)O)cc1)c1ccccc1.Cl. The Bertz CT molecular complexity index is 628. The lowest BCUT2D eigenvalue weighted by molar-refractivity contribution is -0.138. The van der Waals surface area contributed by atoms with Gasteiger partial charge >= 0.3 is 5.97 Å². The fourth-order valence-corrected chi connectivity index (χ4v) is 2.76. The zero-order chi connectivity index (χ0) is 16.8. The van der Waals surface area contributed by atoms with Crippen LogP contribution in [0.25, 0.3) is 0 Å². The van der Waals surface area contributed by atoms with E-state index >= 15 is 0 Å². The average Bonchev–Trinajstić information content (AvgIpc) is 2.55. The van der Waals surface area contributed by atoms with Crippen molar-refractivity contribution in [1.29, 1.82) is 0 Å². The smallest absolute Gasteiger partial charge is 0.310 e. The van der Waals surface area contributed by atoms with Crippen molar-refractivity contribution in [1.82, 2.24) is 5.32 Å². The van der Waals surface area contributed by atoms with Crippen LogP contribution in [0.1, 0.15) is 49.4 Å². The molecule has 0 aliphatic heterocycles. The lowest BCUT2D eigenvalue weighted by Crippen LogP contribution is -2.30. The molecule has 0 saturated carbocycles. The third-order valence-corrected chi connectivity index (χ3v) is 4.23. The van der Waals surface area contributed by atoms with Crippen molar-refractivity contribution >= 4 is 18.4 Å². The molecule has 130 valence electrons. The van der Waals surface area contributed by atoms with Gasteiger partial charge in [0.25, 0.3) is 0 Å². The van der Waals surface area contributed by atoms with Crippen molar-refractivity contribution in [3.8, 4) is 0 Å². The summed E-state index contributed by atoms with van der Waals surface area (Å²) in [5.74, 6) is -1.25. The highest BCUT2D eigenvalue weighted by Gasteiger charge is 2.14. The van der Waals surface area contributed by atoms with Gasteiger partial charge in [0.15, 0.2) is 0 Å². The van der Waals surface area contributed by atoms with Crippen LogP contribution in [0.3, 0.4) is 0 Å². The second-order valence-electron chi connectivity index (χ2n) is 6.21. The van der Waals surface area contributed by atoms with Crippen molar-refractivity contribution in [2.75, 3.05) is 0 Å². The van der Waals surface area contributed by atoms with E-state index in [-0.39, 0.29) is 12.4 Å². The summed E-state index contributed by atoms with van der Waals surface area (Å²) in [6.07, 6.45) is 0.916. The quantitative estimate of drug-likeness (QED) is 0.770. The largest absolute Gasteiger partial charge is 0.481 e. The molecule has 0 fully saturated rings. The van der Waals surface area contributed by atoms with E-state index < -0.39 is 11.9 Å². The van der Waals surface area contributed by atoms with E-state index in [1.807, 2.05) is 30.3 Å². The number of aliphatic carboxylic acids is 1. The molecule has 0 aliphatic rings. The second kappa shape index (κ2) is 9.45. The van der Waals surface area contributed by atoms with Crippen LogP contribution in [0.15, 0.2) is 54.6 Å². The Kier molecular flexibility index (Phi) is 7.96. The molecule has 0 heterocycles. The summed E-state index contributed by atoms with van der Waals surface area (Å²) < 4.78 is 0. The molecular formula is C20H26ClNO2. The number of benzene rings is 2. The van der Waals surface area contributed by atoms with Crippen molar-refractivity contribution in [2.45, 2.75) is 45.2 Å². The molecule has 0 spiro atoms. The highest BCUT2D eigenvalue weighted by molar-refractivity contribution is 5.85. The van der Waals surface area contributed by atoms with Gasteiger partial charge in [-0.2, -0.15) is 0 Å². The van der Waals surface area contributed by atoms with Crippen LogP contribution in [0.5, 0.6) is 0 Å². The van der Waals surface area contributed by atoms with Crippen LogP contribution in [-0.2, 0) is 11.2 Å². The molecule has 0 aliphatic carbocycles. The van der Waals surface area contributed by atoms with Crippen LogP contribution in [0.2, 0.25) is 0 Å². The molecule has 0 saturated heterocycles. The minimum Gasteiger partial charge on any atom is -0.481 e. The number of carboxylic acids is 1. The minimum absolute atomic E-state index is 0.